The summed E-state index contributed by atoms with van der Waals surface area (Å²) in [4.78, 5) is 0. The Labute approximate surface area is 111 Å². The molecule has 0 radical (unpaired) electrons. The van der Waals surface area contributed by atoms with E-state index in [0.29, 0.717) is 28.6 Å². The topological polar surface area (TPSA) is 55.5 Å². The van der Waals surface area contributed by atoms with Gasteiger partial charge in [0.15, 0.2) is 0 Å². The van der Waals surface area contributed by atoms with Gasteiger partial charge in [0, 0.05) is 11.6 Å². The molecule has 2 aromatic carbocycles. The van der Waals surface area contributed by atoms with Crippen LogP contribution in [0.25, 0.3) is 0 Å². The van der Waals surface area contributed by atoms with E-state index in [9.17, 15) is 0 Å². The molecule has 0 aliphatic rings. The maximum Gasteiger partial charge on any atom is 0.150 e. The van der Waals surface area contributed by atoms with Crippen molar-refractivity contribution in [1.29, 1.82) is 0 Å². The van der Waals surface area contributed by atoms with Crippen LogP contribution in [-0.4, -0.2) is 11.7 Å². The number of benzene rings is 2. The van der Waals surface area contributed by atoms with Gasteiger partial charge in [-0.25, -0.2) is 0 Å². The van der Waals surface area contributed by atoms with Gasteiger partial charge in [0.2, 0.25) is 0 Å². The highest BCUT2D eigenvalue weighted by Gasteiger charge is 2.03. The molecule has 0 saturated heterocycles. The summed E-state index contributed by atoms with van der Waals surface area (Å²) in [5.74, 6) is 1.26. The van der Waals surface area contributed by atoms with Gasteiger partial charge in [0.25, 0.3) is 0 Å². The fourth-order valence-corrected chi connectivity index (χ4v) is 1.81. The van der Waals surface area contributed by atoms with E-state index in [-0.39, 0.29) is 6.61 Å². The maximum absolute atomic E-state index is 8.90. The molecule has 0 unspecified atom stereocenters. The Morgan fingerprint density at radius 3 is 2.72 bits per heavy atom. The van der Waals surface area contributed by atoms with Gasteiger partial charge in [0.1, 0.15) is 11.5 Å². The number of nitrogen functional groups attached to an aromatic ring is 1. The molecule has 0 spiro atoms. The summed E-state index contributed by atoms with van der Waals surface area (Å²) in [5, 5.41) is 9.48. The molecule has 0 saturated carbocycles. The summed E-state index contributed by atoms with van der Waals surface area (Å²) < 4.78 is 5.69. The summed E-state index contributed by atoms with van der Waals surface area (Å²) in [6, 6.07) is 12.6. The van der Waals surface area contributed by atoms with Crippen molar-refractivity contribution in [3.05, 3.63) is 53.1 Å². The molecular formula is C14H14ClNO2. The third-order valence-corrected chi connectivity index (χ3v) is 2.73. The van der Waals surface area contributed by atoms with Crippen LogP contribution in [0.1, 0.15) is 5.56 Å². The number of halogens is 1. The number of anilines is 1. The van der Waals surface area contributed by atoms with Crippen LogP contribution in [-0.2, 0) is 6.42 Å². The summed E-state index contributed by atoms with van der Waals surface area (Å²) in [7, 11) is 0. The Morgan fingerprint density at radius 1 is 1.17 bits per heavy atom. The minimum absolute atomic E-state index is 0.118. The highest BCUT2D eigenvalue weighted by molar-refractivity contribution is 6.30. The van der Waals surface area contributed by atoms with E-state index < -0.39 is 0 Å². The summed E-state index contributed by atoms with van der Waals surface area (Å²) in [6.07, 6.45) is 0.604. The van der Waals surface area contributed by atoms with Crippen molar-refractivity contribution in [2.45, 2.75) is 6.42 Å². The van der Waals surface area contributed by atoms with E-state index in [1.54, 1.807) is 18.2 Å². The zero-order valence-electron chi connectivity index (χ0n) is 9.77. The molecular weight excluding hydrogens is 250 g/mol. The summed E-state index contributed by atoms with van der Waals surface area (Å²) >= 11 is 5.82. The first-order valence-electron chi connectivity index (χ1n) is 5.62. The molecule has 0 amide bonds. The summed E-state index contributed by atoms with van der Waals surface area (Å²) in [5.41, 5.74) is 7.33. The van der Waals surface area contributed by atoms with Gasteiger partial charge in [0.05, 0.1) is 5.69 Å². The third kappa shape index (κ3) is 3.15. The van der Waals surface area contributed by atoms with E-state index >= 15 is 0 Å². The lowest BCUT2D eigenvalue weighted by molar-refractivity contribution is 0.299. The molecule has 0 fully saturated rings. The Balaban J connectivity index is 2.20. The normalized spacial score (nSPS) is 10.3. The van der Waals surface area contributed by atoms with Gasteiger partial charge in [-0.2, -0.15) is 0 Å². The molecule has 0 aromatic heterocycles. The lowest BCUT2D eigenvalue weighted by Crippen LogP contribution is -1.94. The van der Waals surface area contributed by atoms with E-state index in [1.165, 1.54) is 0 Å². The second-order valence-electron chi connectivity index (χ2n) is 3.91. The number of rotatable bonds is 4. The Kier molecular flexibility index (Phi) is 4.07. The molecule has 4 heteroatoms. The molecule has 2 rings (SSSR count). The monoisotopic (exact) mass is 263 g/mol. The van der Waals surface area contributed by atoms with Gasteiger partial charge in [-0.05, 0) is 42.3 Å². The highest BCUT2D eigenvalue weighted by atomic mass is 35.5. The maximum atomic E-state index is 8.90. The Morgan fingerprint density at radius 2 is 2.00 bits per heavy atom. The Bertz CT molecular complexity index is 543. The standard InChI is InChI=1S/C14H14ClNO2/c15-11-4-5-14(13(16)9-11)18-12-3-1-2-10(8-12)6-7-17/h1-5,8-9,17H,6-7,16H2. The number of nitrogens with two attached hydrogens (primary N) is 1. The molecule has 3 nitrogen and oxygen atoms in total. The predicted octanol–water partition coefficient (Wildman–Crippen LogP) is 3.25. The third-order valence-electron chi connectivity index (χ3n) is 2.50. The molecule has 0 aliphatic heterocycles. The largest absolute Gasteiger partial charge is 0.455 e. The van der Waals surface area contributed by atoms with Crippen molar-refractivity contribution in [3.8, 4) is 11.5 Å². The minimum atomic E-state index is 0.118. The first-order chi connectivity index (χ1) is 8.69. The molecule has 2 aromatic rings. The second kappa shape index (κ2) is 5.76. The SMILES string of the molecule is Nc1cc(Cl)ccc1Oc1cccc(CCO)c1. The van der Waals surface area contributed by atoms with Crippen molar-refractivity contribution in [1.82, 2.24) is 0 Å². The van der Waals surface area contributed by atoms with Crippen molar-refractivity contribution in [2.75, 3.05) is 12.3 Å². The zero-order chi connectivity index (χ0) is 13.0. The van der Waals surface area contributed by atoms with Crippen LogP contribution < -0.4 is 10.5 Å². The molecule has 18 heavy (non-hydrogen) atoms. The quantitative estimate of drug-likeness (QED) is 0.833. The van der Waals surface area contributed by atoms with Gasteiger partial charge < -0.3 is 15.6 Å². The predicted molar refractivity (Wildman–Crippen MR) is 73.2 cm³/mol. The van der Waals surface area contributed by atoms with E-state index in [4.69, 9.17) is 27.2 Å². The average Bonchev–Trinajstić information content (AvgIpc) is 2.34. The Hall–Kier alpha value is -1.71. The molecule has 3 N–H and O–H groups in total. The van der Waals surface area contributed by atoms with E-state index in [0.717, 1.165) is 5.56 Å². The van der Waals surface area contributed by atoms with Crippen LogP contribution in [0.3, 0.4) is 0 Å². The van der Waals surface area contributed by atoms with Crippen LogP contribution in [0.2, 0.25) is 5.02 Å². The van der Waals surface area contributed by atoms with Crippen molar-refractivity contribution in [2.24, 2.45) is 0 Å². The van der Waals surface area contributed by atoms with E-state index in [1.807, 2.05) is 24.3 Å². The first-order valence-corrected chi connectivity index (χ1v) is 5.99. The summed E-state index contributed by atoms with van der Waals surface area (Å²) in [6.45, 7) is 0.118. The lowest BCUT2D eigenvalue weighted by atomic mass is 10.1. The molecule has 0 aliphatic carbocycles. The van der Waals surface area contributed by atoms with Gasteiger partial charge in [-0.1, -0.05) is 23.7 Å². The average molecular weight is 264 g/mol. The number of hydrogen-bond acceptors (Lipinski definition) is 3. The number of hydrogen-bond donors (Lipinski definition) is 2. The van der Waals surface area contributed by atoms with Crippen LogP contribution >= 0.6 is 11.6 Å². The van der Waals surface area contributed by atoms with Crippen LogP contribution in [0.4, 0.5) is 5.69 Å². The zero-order valence-corrected chi connectivity index (χ0v) is 10.5. The molecule has 0 heterocycles. The number of ether oxygens (including phenoxy) is 1. The molecule has 0 atom stereocenters. The van der Waals surface area contributed by atoms with Crippen molar-refractivity contribution in [3.63, 3.8) is 0 Å². The van der Waals surface area contributed by atoms with Crippen molar-refractivity contribution >= 4 is 17.3 Å². The van der Waals surface area contributed by atoms with Gasteiger partial charge in [-0.3, -0.25) is 0 Å². The van der Waals surface area contributed by atoms with Crippen LogP contribution in [0.5, 0.6) is 11.5 Å². The molecule has 94 valence electrons. The smallest absolute Gasteiger partial charge is 0.150 e. The van der Waals surface area contributed by atoms with E-state index in [2.05, 4.69) is 0 Å². The fourth-order valence-electron chi connectivity index (χ4n) is 1.63. The van der Waals surface area contributed by atoms with Gasteiger partial charge >= 0.3 is 0 Å². The number of aliphatic hydroxyl groups is 1. The minimum Gasteiger partial charge on any atom is -0.455 e. The fraction of sp³-hybridized carbons (Fsp3) is 0.143. The lowest BCUT2D eigenvalue weighted by Gasteiger charge is -2.09. The van der Waals surface area contributed by atoms with Gasteiger partial charge in [-0.15, -0.1) is 0 Å². The van der Waals surface area contributed by atoms with Crippen LogP contribution in [0.15, 0.2) is 42.5 Å². The molecule has 0 bridgehead atoms. The van der Waals surface area contributed by atoms with Crippen molar-refractivity contribution < 1.29 is 9.84 Å². The van der Waals surface area contributed by atoms with Crippen LogP contribution in [0, 0.1) is 0 Å². The second-order valence-corrected chi connectivity index (χ2v) is 4.34. The number of aliphatic hydroxyl groups excluding tert-OH is 1. The first kappa shape index (κ1) is 12.7. The highest BCUT2D eigenvalue weighted by Crippen LogP contribution is 2.30.